The molecule has 0 saturated carbocycles. The van der Waals surface area contributed by atoms with E-state index in [1.165, 1.54) is 19.3 Å². The molecule has 2 aromatic rings. The molecule has 2 heterocycles. The summed E-state index contributed by atoms with van der Waals surface area (Å²) in [6, 6.07) is 9.66. The molecule has 0 radical (unpaired) electrons. The van der Waals surface area contributed by atoms with E-state index >= 15 is 0 Å². The lowest BCUT2D eigenvalue weighted by Gasteiger charge is -2.28. The molecule has 26 heavy (non-hydrogen) atoms. The Labute approximate surface area is 154 Å². The van der Waals surface area contributed by atoms with E-state index in [9.17, 15) is 4.79 Å². The molecule has 1 aromatic carbocycles. The van der Waals surface area contributed by atoms with Crippen LogP contribution in [0.3, 0.4) is 0 Å². The highest BCUT2D eigenvalue weighted by Crippen LogP contribution is 2.18. The molecule has 1 aliphatic rings. The third kappa shape index (κ3) is 4.94. The molecular formula is C20H26N4O2. The van der Waals surface area contributed by atoms with Gasteiger partial charge in [-0.1, -0.05) is 18.2 Å². The lowest BCUT2D eigenvalue weighted by atomic mass is 10.1. The molecule has 1 N–H and O–H groups in total. The number of ether oxygens (including phenoxy) is 1. The van der Waals surface area contributed by atoms with E-state index in [-0.39, 0.29) is 12.5 Å². The molecule has 0 atom stereocenters. The zero-order chi connectivity index (χ0) is 18.4. The number of carbonyl (C=O) groups excluding carboxylic acids is 1. The van der Waals surface area contributed by atoms with Gasteiger partial charge in [-0.15, -0.1) is 0 Å². The van der Waals surface area contributed by atoms with E-state index in [0.717, 1.165) is 35.9 Å². The zero-order valence-corrected chi connectivity index (χ0v) is 15.5. The van der Waals surface area contributed by atoms with Crippen molar-refractivity contribution in [1.82, 2.24) is 15.3 Å². The van der Waals surface area contributed by atoms with E-state index in [1.54, 1.807) is 0 Å². The zero-order valence-electron chi connectivity index (χ0n) is 15.5. The minimum absolute atomic E-state index is 0.0182. The third-order valence-electron chi connectivity index (χ3n) is 4.46. The summed E-state index contributed by atoms with van der Waals surface area (Å²) in [6.45, 7) is 6.27. The number of nitrogens with one attached hydrogen (secondary N) is 1. The molecule has 6 heteroatoms. The van der Waals surface area contributed by atoms with Crippen LogP contribution in [0.15, 0.2) is 30.3 Å². The largest absolute Gasteiger partial charge is 0.484 e. The second kappa shape index (κ2) is 8.65. The maximum Gasteiger partial charge on any atom is 0.258 e. The Hall–Kier alpha value is -2.63. The van der Waals surface area contributed by atoms with Crippen molar-refractivity contribution >= 4 is 11.7 Å². The van der Waals surface area contributed by atoms with Gasteiger partial charge in [0.1, 0.15) is 17.4 Å². The van der Waals surface area contributed by atoms with Crippen molar-refractivity contribution in [3.8, 4) is 5.75 Å². The SMILES string of the molecule is Cc1cc(N2CCCCC2)nc(CNC(=O)COc2ccccc2C)n1. The first kappa shape index (κ1) is 18.2. The van der Waals surface area contributed by atoms with E-state index in [1.807, 2.05) is 44.2 Å². The fraction of sp³-hybridized carbons (Fsp3) is 0.450. The summed E-state index contributed by atoms with van der Waals surface area (Å²) in [5.41, 5.74) is 1.93. The number of anilines is 1. The van der Waals surface area contributed by atoms with Crippen molar-refractivity contribution in [2.45, 2.75) is 39.7 Å². The Kier molecular flexibility index (Phi) is 6.04. The van der Waals surface area contributed by atoms with Crippen LogP contribution in [0.4, 0.5) is 5.82 Å². The highest BCUT2D eigenvalue weighted by atomic mass is 16.5. The van der Waals surface area contributed by atoms with Gasteiger partial charge in [-0.05, 0) is 44.7 Å². The van der Waals surface area contributed by atoms with Crippen molar-refractivity contribution in [1.29, 1.82) is 0 Å². The normalized spacial score (nSPS) is 14.2. The summed E-state index contributed by atoms with van der Waals surface area (Å²) in [4.78, 5) is 23.4. The van der Waals surface area contributed by atoms with Gasteiger partial charge < -0.3 is 15.0 Å². The van der Waals surface area contributed by atoms with E-state index in [0.29, 0.717) is 12.4 Å². The lowest BCUT2D eigenvalue weighted by Crippen LogP contribution is -2.32. The van der Waals surface area contributed by atoms with E-state index < -0.39 is 0 Å². The first-order valence-electron chi connectivity index (χ1n) is 9.16. The number of aryl methyl sites for hydroxylation is 2. The van der Waals surface area contributed by atoms with Crippen molar-refractivity contribution in [3.05, 3.63) is 47.4 Å². The average molecular weight is 354 g/mol. The molecule has 3 rings (SSSR count). The summed E-state index contributed by atoms with van der Waals surface area (Å²) in [6.07, 6.45) is 3.68. The summed E-state index contributed by atoms with van der Waals surface area (Å²) < 4.78 is 5.57. The summed E-state index contributed by atoms with van der Waals surface area (Å²) >= 11 is 0. The highest BCUT2D eigenvalue weighted by molar-refractivity contribution is 5.77. The minimum Gasteiger partial charge on any atom is -0.484 e. The number of rotatable bonds is 6. The van der Waals surface area contributed by atoms with Crippen molar-refractivity contribution in [3.63, 3.8) is 0 Å². The van der Waals surface area contributed by atoms with Gasteiger partial charge in [0.05, 0.1) is 6.54 Å². The van der Waals surface area contributed by atoms with Crippen LogP contribution >= 0.6 is 0 Å². The number of amides is 1. The second-order valence-corrected chi connectivity index (χ2v) is 6.66. The molecule has 1 saturated heterocycles. The number of hydrogen-bond donors (Lipinski definition) is 1. The van der Waals surface area contributed by atoms with Crippen molar-refractivity contribution in [2.24, 2.45) is 0 Å². The molecule has 0 bridgehead atoms. The Morgan fingerprint density at radius 1 is 1.15 bits per heavy atom. The molecule has 1 aromatic heterocycles. The van der Waals surface area contributed by atoms with Gasteiger partial charge in [0.15, 0.2) is 6.61 Å². The van der Waals surface area contributed by atoms with Gasteiger partial charge >= 0.3 is 0 Å². The van der Waals surface area contributed by atoms with Gasteiger partial charge in [0.25, 0.3) is 5.91 Å². The summed E-state index contributed by atoms with van der Waals surface area (Å²) in [5, 5.41) is 2.84. The van der Waals surface area contributed by atoms with Crippen LogP contribution in [0.25, 0.3) is 0 Å². The molecule has 1 fully saturated rings. The molecule has 1 amide bonds. The van der Waals surface area contributed by atoms with Gasteiger partial charge in [0, 0.05) is 24.8 Å². The lowest BCUT2D eigenvalue weighted by molar-refractivity contribution is -0.123. The fourth-order valence-electron chi connectivity index (χ4n) is 3.07. The molecule has 0 unspecified atom stereocenters. The molecular weight excluding hydrogens is 328 g/mol. The maximum atomic E-state index is 12.1. The second-order valence-electron chi connectivity index (χ2n) is 6.66. The monoisotopic (exact) mass is 354 g/mol. The number of carbonyl (C=O) groups is 1. The quantitative estimate of drug-likeness (QED) is 0.864. The van der Waals surface area contributed by atoms with Crippen LogP contribution in [0.1, 0.15) is 36.3 Å². The van der Waals surface area contributed by atoms with Gasteiger partial charge in [-0.3, -0.25) is 4.79 Å². The van der Waals surface area contributed by atoms with Gasteiger partial charge in [-0.2, -0.15) is 0 Å². The molecule has 0 spiro atoms. The standard InChI is InChI=1S/C20H26N4O2/c1-15-8-4-5-9-17(15)26-14-20(25)21-13-18-22-16(2)12-19(23-18)24-10-6-3-7-11-24/h4-5,8-9,12H,3,6-7,10-11,13-14H2,1-2H3,(H,21,25). The van der Waals surface area contributed by atoms with Crippen molar-refractivity contribution in [2.75, 3.05) is 24.6 Å². The molecule has 6 nitrogen and oxygen atoms in total. The number of benzene rings is 1. The number of nitrogens with zero attached hydrogens (tertiary/aromatic N) is 3. The number of para-hydroxylation sites is 1. The molecule has 1 aliphatic heterocycles. The topological polar surface area (TPSA) is 67.4 Å². The van der Waals surface area contributed by atoms with Crippen LogP contribution < -0.4 is 15.0 Å². The summed E-state index contributed by atoms with van der Waals surface area (Å²) in [5.74, 6) is 2.13. The fourth-order valence-corrected chi connectivity index (χ4v) is 3.07. The third-order valence-corrected chi connectivity index (χ3v) is 4.46. The Morgan fingerprint density at radius 2 is 1.92 bits per heavy atom. The molecule has 0 aliphatic carbocycles. The van der Waals surface area contributed by atoms with Crippen LogP contribution in [0, 0.1) is 13.8 Å². The van der Waals surface area contributed by atoms with Gasteiger partial charge in [-0.25, -0.2) is 9.97 Å². The van der Waals surface area contributed by atoms with Crippen LogP contribution in [0.2, 0.25) is 0 Å². The highest BCUT2D eigenvalue weighted by Gasteiger charge is 2.14. The van der Waals surface area contributed by atoms with Crippen LogP contribution in [0.5, 0.6) is 5.75 Å². The Morgan fingerprint density at radius 3 is 2.69 bits per heavy atom. The molecule has 138 valence electrons. The maximum absolute atomic E-state index is 12.1. The van der Waals surface area contributed by atoms with E-state index in [2.05, 4.69) is 20.2 Å². The van der Waals surface area contributed by atoms with Crippen molar-refractivity contribution < 1.29 is 9.53 Å². The number of piperidine rings is 1. The van der Waals surface area contributed by atoms with Crippen LogP contribution in [-0.2, 0) is 11.3 Å². The summed E-state index contributed by atoms with van der Waals surface area (Å²) in [7, 11) is 0. The van der Waals surface area contributed by atoms with E-state index in [4.69, 9.17) is 4.74 Å². The smallest absolute Gasteiger partial charge is 0.258 e. The average Bonchev–Trinajstić information content (AvgIpc) is 2.66. The van der Waals surface area contributed by atoms with Crippen LogP contribution in [-0.4, -0.2) is 35.6 Å². The van der Waals surface area contributed by atoms with Gasteiger partial charge in [0.2, 0.25) is 0 Å². The minimum atomic E-state index is -0.183. The first-order chi connectivity index (χ1) is 12.6. The Balaban J connectivity index is 1.54. The predicted octanol–water partition coefficient (Wildman–Crippen LogP) is 2.78. The number of aromatic nitrogens is 2. The first-order valence-corrected chi connectivity index (χ1v) is 9.16. The number of hydrogen-bond acceptors (Lipinski definition) is 5. The predicted molar refractivity (Wildman–Crippen MR) is 101 cm³/mol. The Bertz CT molecular complexity index is 757.